The fourth-order valence-electron chi connectivity index (χ4n) is 1.72. The van der Waals surface area contributed by atoms with E-state index in [1.54, 1.807) is 10.9 Å². The second-order valence-corrected chi connectivity index (χ2v) is 3.76. The summed E-state index contributed by atoms with van der Waals surface area (Å²) in [6.07, 6.45) is 4.46. The Kier molecular flexibility index (Phi) is 4.76. The standard InChI is InChI=1S/C10H16N4O.ClH/c1-2-14-7-9(6-12-14)13-10(15)8-3-4-11-5-8;/h6-8,11H,2-5H2,1H3,(H,13,15);1H. The van der Waals surface area contributed by atoms with Crippen molar-refractivity contribution < 1.29 is 4.79 Å². The Morgan fingerprint density at radius 1 is 1.75 bits per heavy atom. The van der Waals surface area contributed by atoms with Gasteiger partial charge in [0, 0.05) is 19.3 Å². The fourth-order valence-corrected chi connectivity index (χ4v) is 1.72. The maximum atomic E-state index is 11.7. The molecular weight excluding hydrogens is 228 g/mol. The average Bonchev–Trinajstić information content (AvgIpc) is 2.87. The van der Waals surface area contributed by atoms with Crippen LogP contribution in [0.5, 0.6) is 0 Å². The summed E-state index contributed by atoms with van der Waals surface area (Å²) in [6, 6.07) is 0. The Labute approximate surface area is 101 Å². The van der Waals surface area contributed by atoms with Gasteiger partial charge in [0.2, 0.25) is 5.91 Å². The highest BCUT2D eigenvalue weighted by Crippen LogP contribution is 2.12. The van der Waals surface area contributed by atoms with Gasteiger partial charge in [0.25, 0.3) is 0 Å². The number of carbonyl (C=O) groups excluding carboxylic acids is 1. The summed E-state index contributed by atoms with van der Waals surface area (Å²) in [7, 11) is 0. The van der Waals surface area contributed by atoms with Crippen molar-refractivity contribution in [2.75, 3.05) is 18.4 Å². The molecule has 0 aromatic carbocycles. The lowest BCUT2D eigenvalue weighted by atomic mass is 10.1. The number of nitrogens with zero attached hydrogens (tertiary/aromatic N) is 2. The van der Waals surface area contributed by atoms with E-state index in [1.165, 1.54) is 0 Å². The molecule has 90 valence electrons. The van der Waals surface area contributed by atoms with Crippen LogP contribution in [-0.4, -0.2) is 28.8 Å². The van der Waals surface area contributed by atoms with Crippen LogP contribution in [0.25, 0.3) is 0 Å². The molecule has 2 N–H and O–H groups in total. The molecule has 6 heteroatoms. The van der Waals surface area contributed by atoms with Gasteiger partial charge in [-0.2, -0.15) is 5.10 Å². The van der Waals surface area contributed by atoms with Crippen molar-refractivity contribution in [3.63, 3.8) is 0 Å². The molecule has 16 heavy (non-hydrogen) atoms. The zero-order valence-corrected chi connectivity index (χ0v) is 10.1. The molecule has 1 atom stereocenters. The van der Waals surface area contributed by atoms with Gasteiger partial charge < -0.3 is 10.6 Å². The SMILES string of the molecule is CCn1cc(NC(=O)C2CCNC2)cn1.Cl. The van der Waals surface area contributed by atoms with Crippen molar-refractivity contribution in [2.24, 2.45) is 5.92 Å². The summed E-state index contributed by atoms with van der Waals surface area (Å²) in [4.78, 5) is 11.7. The summed E-state index contributed by atoms with van der Waals surface area (Å²) in [5, 5.41) is 10.2. The predicted octanol–water partition coefficient (Wildman–Crippen LogP) is 0.873. The van der Waals surface area contributed by atoms with E-state index in [0.29, 0.717) is 0 Å². The molecule has 5 nitrogen and oxygen atoms in total. The highest BCUT2D eigenvalue weighted by molar-refractivity contribution is 5.92. The first-order valence-electron chi connectivity index (χ1n) is 5.33. The van der Waals surface area contributed by atoms with Gasteiger partial charge in [0.1, 0.15) is 0 Å². The Bertz CT molecular complexity index is 346. The number of nitrogens with one attached hydrogen (secondary N) is 2. The van der Waals surface area contributed by atoms with Gasteiger partial charge in [-0.05, 0) is 19.9 Å². The minimum atomic E-state index is 0. The van der Waals surface area contributed by atoms with E-state index in [0.717, 1.165) is 31.7 Å². The number of carbonyl (C=O) groups is 1. The van der Waals surface area contributed by atoms with E-state index < -0.39 is 0 Å². The topological polar surface area (TPSA) is 59.0 Å². The van der Waals surface area contributed by atoms with E-state index >= 15 is 0 Å². The Hall–Kier alpha value is -1.07. The highest BCUT2D eigenvalue weighted by atomic mass is 35.5. The van der Waals surface area contributed by atoms with Gasteiger partial charge in [0.05, 0.1) is 17.8 Å². The third-order valence-corrected chi connectivity index (χ3v) is 2.66. The number of aryl methyl sites for hydroxylation is 1. The van der Waals surface area contributed by atoms with E-state index in [4.69, 9.17) is 0 Å². The predicted molar refractivity (Wildman–Crippen MR) is 64.8 cm³/mol. The van der Waals surface area contributed by atoms with Crippen LogP contribution in [0.4, 0.5) is 5.69 Å². The number of anilines is 1. The average molecular weight is 245 g/mol. The molecule has 0 radical (unpaired) electrons. The van der Waals surface area contributed by atoms with Gasteiger partial charge in [-0.15, -0.1) is 12.4 Å². The minimum Gasteiger partial charge on any atom is -0.323 e. The van der Waals surface area contributed by atoms with Crippen LogP contribution >= 0.6 is 12.4 Å². The van der Waals surface area contributed by atoms with Gasteiger partial charge in [0.15, 0.2) is 0 Å². The maximum absolute atomic E-state index is 11.7. The normalized spacial score (nSPS) is 19.2. The summed E-state index contributed by atoms with van der Waals surface area (Å²) in [5.41, 5.74) is 0.786. The fraction of sp³-hybridized carbons (Fsp3) is 0.600. The van der Waals surface area contributed by atoms with Crippen LogP contribution in [0, 0.1) is 5.92 Å². The van der Waals surface area contributed by atoms with Crippen LogP contribution in [0.15, 0.2) is 12.4 Å². The number of hydrogen-bond donors (Lipinski definition) is 2. The molecule has 0 bridgehead atoms. The van der Waals surface area contributed by atoms with Crippen molar-refractivity contribution in [2.45, 2.75) is 19.9 Å². The lowest BCUT2D eigenvalue weighted by molar-refractivity contribution is -0.119. The first-order chi connectivity index (χ1) is 7.29. The van der Waals surface area contributed by atoms with E-state index in [1.807, 2.05) is 13.1 Å². The van der Waals surface area contributed by atoms with Crippen molar-refractivity contribution in [1.29, 1.82) is 0 Å². The van der Waals surface area contributed by atoms with E-state index in [2.05, 4.69) is 15.7 Å². The third-order valence-electron chi connectivity index (χ3n) is 2.66. The van der Waals surface area contributed by atoms with Crippen LogP contribution < -0.4 is 10.6 Å². The summed E-state index contributed by atoms with van der Waals surface area (Å²) >= 11 is 0. The smallest absolute Gasteiger partial charge is 0.228 e. The Morgan fingerprint density at radius 3 is 3.12 bits per heavy atom. The molecule has 1 aromatic rings. The maximum Gasteiger partial charge on any atom is 0.228 e. The summed E-state index contributed by atoms with van der Waals surface area (Å²) in [6.45, 7) is 4.56. The lowest BCUT2D eigenvalue weighted by Crippen LogP contribution is -2.24. The zero-order valence-electron chi connectivity index (χ0n) is 9.27. The molecule has 1 amide bonds. The molecular formula is C10H17ClN4O. The van der Waals surface area contributed by atoms with Crippen molar-refractivity contribution in [1.82, 2.24) is 15.1 Å². The van der Waals surface area contributed by atoms with Crippen molar-refractivity contribution in [3.8, 4) is 0 Å². The second-order valence-electron chi connectivity index (χ2n) is 3.76. The first-order valence-corrected chi connectivity index (χ1v) is 5.33. The van der Waals surface area contributed by atoms with Gasteiger partial charge in [-0.3, -0.25) is 9.48 Å². The molecule has 0 saturated carbocycles. The monoisotopic (exact) mass is 244 g/mol. The number of hydrogen-bond acceptors (Lipinski definition) is 3. The second kappa shape index (κ2) is 5.86. The molecule has 1 aliphatic heterocycles. The third kappa shape index (κ3) is 2.96. The Morgan fingerprint density at radius 2 is 2.56 bits per heavy atom. The molecule has 0 aliphatic carbocycles. The molecule has 2 heterocycles. The minimum absolute atomic E-state index is 0. The van der Waals surface area contributed by atoms with Gasteiger partial charge in [-0.1, -0.05) is 0 Å². The number of halogens is 1. The zero-order chi connectivity index (χ0) is 10.7. The first kappa shape index (κ1) is 13.0. The molecule has 1 aromatic heterocycles. The number of aromatic nitrogens is 2. The van der Waals surface area contributed by atoms with Crippen LogP contribution in [0.3, 0.4) is 0 Å². The number of amides is 1. The van der Waals surface area contributed by atoms with Crippen molar-refractivity contribution >= 4 is 24.0 Å². The van der Waals surface area contributed by atoms with E-state index in [9.17, 15) is 4.79 Å². The van der Waals surface area contributed by atoms with Crippen LogP contribution in [0.2, 0.25) is 0 Å². The highest BCUT2D eigenvalue weighted by Gasteiger charge is 2.22. The molecule has 1 fully saturated rings. The molecule has 1 aliphatic rings. The quantitative estimate of drug-likeness (QED) is 0.830. The van der Waals surface area contributed by atoms with Crippen molar-refractivity contribution in [3.05, 3.63) is 12.4 Å². The molecule has 2 rings (SSSR count). The lowest BCUT2D eigenvalue weighted by Gasteiger charge is -2.07. The molecule has 1 unspecified atom stereocenters. The summed E-state index contributed by atoms with van der Waals surface area (Å²) in [5.74, 6) is 0.200. The summed E-state index contributed by atoms with van der Waals surface area (Å²) < 4.78 is 1.79. The molecule has 0 spiro atoms. The Balaban J connectivity index is 0.00000128. The van der Waals surface area contributed by atoms with Gasteiger partial charge >= 0.3 is 0 Å². The molecule has 1 saturated heterocycles. The number of rotatable bonds is 3. The van der Waals surface area contributed by atoms with E-state index in [-0.39, 0.29) is 24.2 Å². The van der Waals surface area contributed by atoms with Gasteiger partial charge in [-0.25, -0.2) is 0 Å². The van der Waals surface area contributed by atoms with Crippen LogP contribution in [0.1, 0.15) is 13.3 Å². The van der Waals surface area contributed by atoms with Crippen LogP contribution in [-0.2, 0) is 11.3 Å². The largest absolute Gasteiger partial charge is 0.323 e.